The number of hydrogen-bond donors (Lipinski definition) is 1. The highest BCUT2D eigenvalue weighted by atomic mass is 16.5. The van der Waals surface area contributed by atoms with Crippen LogP contribution < -0.4 is 5.32 Å². The third-order valence-corrected chi connectivity index (χ3v) is 6.81. The molecule has 0 radical (unpaired) electrons. The van der Waals surface area contributed by atoms with Gasteiger partial charge in [-0.15, -0.1) is 0 Å². The standard InChI is InChI=1S/C31H28N2O5/c1-37-29(34)18-26-15-22-11-7-8-14-25(22)19-33(26)30(35)27-16-23-12-5-6-13-24(23)17-28(27)32-31(36)38-20-21-9-3-2-4-10-21/h2-14,16-17,26H,15,18-20H2,1H3,(H,32,36)/t26-/m1/s1. The quantitative estimate of drug-likeness (QED) is 0.337. The summed E-state index contributed by atoms with van der Waals surface area (Å²) in [5.41, 5.74) is 3.67. The van der Waals surface area contributed by atoms with Crippen molar-refractivity contribution in [2.24, 2.45) is 0 Å². The van der Waals surface area contributed by atoms with Crippen LogP contribution in [0.4, 0.5) is 10.5 Å². The van der Waals surface area contributed by atoms with Crippen LogP contribution >= 0.6 is 0 Å². The van der Waals surface area contributed by atoms with Crippen LogP contribution in [0.15, 0.2) is 91.0 Å². The Balaban J connectivity index is 1.46. The van der Waals surface area contributed by atoms with Gasteiger partial charge in [0, 0.05) is 12.6 Å². The van der Waals surface area contributed by atoms with Crippen molar-refractivity contribution in [2.75, 3.05) is 12.4 Å². The second-order valence-electron chi connectivity index (χ2n) is 9.27. The minimum absolute atomic E-state index is 0.0754. The number of fused-ring (bicyclic) bond motifs is 2. The van der Waals surface area contributed by atoms with E-state index in [1.54, 1.807) is 17.0 Å². The molecule has 0 fully saturated rings. The van der Waals surface area contributed by atoms with Crippen molar-refractivity contribution in [3.8, 4) is 0 Å². The van der Waals surface area contributed by atoms with Crippen LogP contribution in [-0.4, -0.2) is 36.0 Å². The maximum absolute atomic E-state index is 14.1. The second-order valence-corrected chi connectivity index (χ2v) is 9.27. The monoisotopic (exact) mass is 508 g/mol. The van der Waals surface area contributed by atoms with Crippen molar-refractivity contribution in [1.82, 2.24) is 4.90 Å². The van der Waals surface area contributed by atoms with Crippen LogP contribution in [-0.2, 0) is 33.8 Å². The maximum atomic E-state index is 14.1. The van der Waals surface area contributed by atoms with Gasteiger partial charge < -0.3 is 14.4 Å². The molecule has 5 rings (SSSR count). The van der Waals surface area contributed by atoms with E-state index in [4.69, 9.17) is 9.47 Å². The lowest BCUT2D eigenvalue weighted by Crippen LogP contribution is -2.45. The fraction of sp³-hybridized carbons (Fsp3) is 0.194. The van der Waals surface area contributed by atoms with E-state index in [0.29, 0.717) is 24.2 Å². The zero-order chi connectivity index (χ0) is 26.5. The first-order valence-electron chi connectivity index (χ1n) is 12.5. The van der Waals surface area contributed by atoms with Crippen molar-refractivity contribution in [3.05, 3.63) is 113 Å². The van der Waals surface area contributed by atoms with E-state index in [-0.39, 0.29) is 30.9 Å². The number of benzene rings is 4. The molecule has 0 bridgehead atoms. The zero-order valence-corrected chi connectivity index (χ0v) is 21.1. The maximum Gasteiger partial charge on any atom is 0.411 e. The highest BCUT2D eigenvalue weighted by Crippen LogP contribution is 2.31. The highest BCUT2D eigenvalue weighted by molar-refractivity contribution is 6.07. The van der Waals surface area contributed by atoms with Gasteiger partial charge in [0.15, 0.2) is 0 Å². The first-order chi connectivity index (χ1) is 18.5. The topological polar surface area (TPSA) is 84.9 Å². The molecule has 2 amide bonds. The van der Waals surface area contributed by atoms with E-state index in [9.17, 15) is 14.4 Å². The van der Waals surface area contributed by atoms with Gasteiger partial charge in [0.1, 0.15) is 6.61 Å². The largest absolute Gasteiger partial charge is 0.469 e. The summed E-state index contributed by atoms with van der Waals surface area (Å²) in [5, 5.41) is 4.51. The summed E-state index contributed by atoms with van der Waals surface area (Å²) >= 11 is 0. The average molecular weight is 509 g/mol. The van der Waals surface area contributed by atoms with Crippen LogP contribution in [0, 0.1) is 0 Å². The van der Waals surface area contributed by atoms with Crippen molar-refractivity contribution in [1.29, 1.82) is 0 Å². The first kappa shape index (κ1) is 25.0. The molecule has 1 N–H and O–H groups in total. The Bertz CT molecular complexity index is 1480. The van der Waals surface area contributed by atoms with Crippen LogP contribution in [0.5, 0.6) is 0 Å². The van der Waals surface area contributed by atoms with Crippen molar-refractivity contribution in [2.45, 2.75) is 32.0 Å². The van der Waals surface area contributed by atoms with Gasteiger partial charge in [-0.2, -0.15) is 0 Å². The molecular formula is C31H28N2O5. The van der Waals surface area contributed by atoms with Crippen LogP contribution in [0.1, 0.15) is 33.5 Å². The fourth-order valence-electron chi connectivity index (χ4n) is 4.83. The third kappa shape index (κ3) is 5.52. The molecule has 1 aliphatic rings. The molecule has 1 aliphatic heterocycles. The number of ether oxygens (including phenoxy) is 2. The Morgan fingerprint density at radius 1 is 0.868 bits per heavy atom. The number of amides is 2. The lowest BCUT2D eigenvalue weighted by atomic mass is 9.91. The molecule has 4 aromatic rings. The highest BCUT2D eigenvalue weighted by Gasteiger charge is 2.33. The van der Waals surface area contributed by atoms with Crippen LogP contribution in [0.3, 0.4) is 0 Å². The molecule has 0 spiro atoms. The van der Waals surface area contributed by atoms with Gasteiger partial charge in [-0.05, 0) is 46.0 Å². The summed E-state index contributed by atoms with van der Waals surface area (Å²) < 4.78 is 10.3. The number of anilines is 1. The van der Waals surface area contributed by atoms with Gasteiger partial charge in [0.05, 0.1) is 24.8 Å². The van der Waals surface area contributed by atoms with Crippen molar-refractivity contribution < 1.29 is 23.9 Å². The Morgan fingerprint density at radius 3 is 2.26 bits per heavy atom. The summed E-state index contributed by atoms with van der Waals surface area (Å²) in [6.45, 7) is 0.453. The molecule has 1 atom stereocenters. The number of hydrogen-bond acceptors (Lipinski definition) is 5. The first-order valence-corrected chi connectivity index (χ1v) is 12.5. The van der Waals surface area contributed by atoms with Gasteiger partial charge in [-0.25, -0.2) is 4.79 Å². The van der Waals surface area contributed by atoms with Gasteiger partial charge in [-0.1, -0.05) is 78.9 Å². The normalized spacial score (nSPS) is 14.4. The lowest BCUT2D eigenvalue weighted by molar-refractivity contribution is -0.141. The van der Waals surface area contributed by atoms with Crippen LogP contribution in [0.2, 0.25) is 0 Å². The number of esters is 1. The molecule has 38 heavy (non-hydrogen) atoms. The summed E-state index contributed by atoms with van der Waals surface area (Å²) in [4.78, 5) is 40.8. The summed E-state index contributed by atoms with van der Waals surface area (Å²) in [6.07, 6.45) is -0.0494. The van der Waals surface area contributed by atoms with Crippen molar-refractivity contribution in [3.63, 3.8) is 0 Å². The number of methoxy groups -OCH3 is 1. The molecule has 0 saturated carbocycles. The number of nitrogens with zero attached hydrogens (tertiary/aromatic N) is 1. The molecule has 1 heterocycles. The van der Waals surface area contributed by atoms with Crippen LogP contribution in [0.25, 0.3) is 10.8 Å². The molecule has 192 valence electrons. The molecular weight excluding hydrogens is 480 g/mol. The predicted molar refractivity (Wildman–Crippen MR) is 145 cm³/mol. The van der Waals surface area contributed by atoms with E-state index >= 15 is 0 Å². The molecule has 0 aliphatic carbocycles. The van der Waals surface area contributed by atoms with Gasteiger partial charge in [-0.3, -0.25) is 14.9 Å². The van der Waals surface area contributed by atoms with E-state index in [1.807, 2.05) is 78.9 Å². The summed E-state index contributed by atoms with van der Waals surface area (Å²) in [6, 6.07) is 28.1. The molecule has 0 aromatic heterocycles. The smallest absolute Gasteiger partial charge is 0.411 e. The minimum Gasteiger partial charge on any atom is -0.469 e. The Morgan fingerprint density at radius 2 is 1.53 bits per heavy atom. The van der Waals surface area contributed by atoms with E-state index in [0.717, 1.165) is 27.5 Å². The Kier molecular flexibility index (Phi) is 7.35. The number of carbonyl (C=O) groups excluding carboxylic acids is 3. The predicted octanol–water partition coefficient (Wildman–Crippen LogP) is 5.72. The molecule has 7 nitrogen and oxygen atoms in total. The number of rotatable bonds is 6. The number of nitrogens with one attached hydrogen (secondary N) is 1. The molecule has 4 aromatic carbocycles. The SMILES string of the molecule is COC(=O)C[C@H]1Cc2ccccc2CN1C(=O)c1cc2ccccc2cc1NC(=O)OCc1ccccc1. The summed E-state index contributed by atoms with van der Waals surface area (Å²) in [7, 11) is 1.34. The lowest BCUT2D eigenvalue weighted by Gasteiger charge is -2.37. The van der Waals surface area contributed by atoms with E-state index < -0.39 is 6.09 Å². The van der Waals surface area contributed by atoms with Gasteiger partial charge >= 0.3 is 12.1 Å². The Labute approximate surface area is 221 Å². The molecule has 0 saturated heterocycles. The van der Waals surface area contributed by atoms with E-state index in [2.05, 4.69) is 5.32 Å². The molecule has 7 heteroatoms. The third-order valence-electron chi connectivity index (χ3n) is 6.81. The average Bonchev–Trinajstić information content (AvgIpc) is 2.95. The number of carbonyl (C=O) groups is 3. The summed E-state index contributed by atoms with van der Waals surface area (Å²) in [5.74, 6) is -0.661. The zero-order valence-electron chi connectivity index (χ0n) is 21.1. The fourth-order valence-corrected chi connectivity index (χ4v) is 4.83. The van der Waals surface area contributed by atoms with E-state index in [1.165, 1.54) is 7.11 Å². The minimum atomic E-state index is -0.659. The van der Waals surface area contributed by atoms with Gasteiger partial charge in [0.2, 0.25) is 0 Å². The van der Waals surface area contributed by atoms with Gasteiger partial charge in [0.25, 0.3) is 5.91 Å². The van der Waals surface area contributed by atoms with Crippen molar-refractivity contribution >= 4 is 34.4 Å². The second kappa shape index (κ2) is 11.2. The Hall–Kier alpha value is -4.65. The molecule has 0 unspecified atom stereocenters.